The highest BCUT2D eigenvalue weighted by Gasteiger charge is 2.52. The van der Waals surface area contributed by atoms with Crippen LogP contribution in [-0.4, -0.2) is 99.0 Å². The molecule has 2 saturated heterocycles. The zero-order valence-corrected chi connectivity index (χ0v) is 33.2. The minimum atomic E-state index is -1.40. The smallest absolute Gasteiger partial charge is 0.423 e. The van der Waals surface area contributed by atoms with Gasteiger partial charge in [-0.2, -0.15) is 10.2 Å². The van der Waals surface area contributed by atoms with Crippen molar-refractivity contribution in [3.05, 3.63) is 89.2 Å². The van der Waals surface area contributed by atoms with Gasteiger partial charge in [-0.25, -0.2) is 0 Å². The summed E-state index contributed by atoms with van der Waals surface area (Å²) in [7, 11) is 5.92. The van der Waals surface area contributed by atoms with Gasteiger partial charge in [0.15, 0.2) is 0 Å². The summed E-state index contributed by atoms with van der Waals surface area (Å²) in [4.78, 5) is 38.7. The number of anilines is 2. The lowest BCUT2D eigenvalue weighted by molar-refractivity contribution is -0.126. The van der Waals surface area contributed by atoms with Crippen LogP contribution < -0.4 is 15.3 Å². The minimum Gasteiger partial charge on any atom is -0.423 e. The second-order valence-corrected chi connectivity index (χ2v) is 15.7. The summed E-state index contributed by atoms with van der Waals surface area (Å²) >= 11 is 3.53. The molecule has 0 aliphatic carbocycles. The van der Waals surface area contributed by atoms with Gasteiger partial charge >= 0.3 is 7.12 Å². The van der Waals surface area contributed by atoms with Gasteiger partial charge in [-0.1, -0.05) is 22.0 Å². The first-order chi connectivity index (χ1) is 26.9. The molecule has 0 atom stereocenters. The van der Waals surface area contributed by atoms with E-state index in [-0.39, 0.29) is 11.8 Å². The van der Waals surface area contributed by atoms with Gasteiger partial charge in [0.2, 0.25) is 11.8 Å². The molecule has 14 nitrogen and oxygen atoms in total. The van der Waals surface area contributed by atoms with Gasteiger partial charge in [0.25, 0.3) is 0 Å². The lowest BCUT2D eigenvalue weighted by atomic mass is 9.74. The molecule has 2 N–H and O–H groups in total. The predicted molar refractivity (Wildman–Crippen MR) is 217 cm³/mol. The number of carbonyl (C=O) groups is 2. The van der Waals surface area contributed by atoms with Crippen molar-refractivity contribution in [2.24, 2.45) is 14.1 Å². The summed E-state index contributed by atoms with van der Waals surface area (Å²) in [6.07, 6.45) is 13.4. The second-order valence-electron chi connectivity index (χ2n) is 14.8. The number of hydrogen-bond acceptors (Lipinski definition) is 10. The molecule has 0 bridgehead atoms. The van der Waals surface area contributed by atoms with Gasteiger partial charge in [0.05, 0.1) is 51.8 Å². The highest BCUT2D eigenvalue weighted by Crippen LogP contribution is 2.51. The van der Waals surface area contributed by atoms with Gasteiger partial charge < -0.3 is 29.3 Å². The molecule has 2 aromatic carbocycles. The molecule has 16 heteroatoms. The fraction of sp³-hybridized carbons (Fsp3) is 0.350. The van der Waals surface area contributed by atoms with E-state index in [0.29, 0.717) is 31.9 Å². The molecule has 8 heterocycles. The van der Waals surface area contributed by atoms with E-state index in [9.17, 15) is 9.59 Å². The largest absolute Gasteiger partial charge is 0.491 e. The first-order valence-electron chi connectivity index (χ1n) is 18.5. The van der Waals surface area contributed by atoms with Gasteiger partial charge in [-0.15, -0.1) is 0 Å². The molecule has 56 heavy (non-hydrogen) atoms. The SMILES string of the molecule is CN1C(=O)C2(CCOCC2)c2c1cnc1ccc(-c3cnn(C)c3)cc21.CN1C(=O)C2(CCOCC2)c2c1cnc1ccc(Br)cc21.Cn1cc(B(O)O)cn1. The predicted octanol–water partition coefficient (Wildman–Crippen LogP) is 3.78. The van der Waals surface area contributed by atoms with E-state index in [2.05, 4.69) is 54.3 Å². The molecular weight excluding hydrogens is 779 g/mol. The molecule has 2 fully saturated rings. The van der Waals surface area contributed by atoms with Crippen molar-refractivity contribution in [3.63, 3.8) is 0 Å². The fourth-order valence-electron chi connectivity index (χ4n) is 8.62. The minimum absolute atomic E-state index is 0.164. The highest BCUT2D eigenvalue weighted by atomic mass is 79.9. The van der Waals surface area contributed by atoms with Gasteiger partial charge in [-0.05, 0) is 61.6 Å². The van der Waals surface area contributed by atoms with E-state index < -0.39 is 17.9 Å². The average molecular weight is 822 g/mol. The van der Waals surface area contributed by atoms with Crippen LogP contribution in [0.1, 0.15) is 36.8 Å². The molecule has 4 aromatic heterocycles. The summed E-state index contributed by atoms with van der Waals surface area (Å²) in [5.74, 6) is 0.340. The summed E-state index contributed by atoms with van der Waals surface area (Å²) in [5.41, 5.74) is 7.60. The Morgan fingerprint density at radius 1 is 0.661 bits per heavy atom. The number of aryl methyl sites for hydroxylation is 2. The van der Waals surface area contributed by atoms with E-state index in [0.717, 1.165) is 85.6 Å². The van der Waals surface area contributed by atoms with Crippen LogP contribution in [-0.2, 0) is 44.0 Å². The summed E-state index contributed by atoms with van der Waals surface area (Å²) < 4.78 is 15.4. The third kappa shape index (κ3) is 6.38. The van der Waals surface area contributed by atoms with E-state index in [1.165, 1.54) is 10.9 Å². The number of amides is 2. The zero-order chi connectivity index (χ0) is 39.4. The number of rotatable bonds is 2. The van der Waals surface area contributed by atoms with Gasteiger partial charge in [0, 0.05) is 111 Å². The van der Waals surface area contributed by atoms with Crippen LogP contribution >= 0.6 is 15.9 Å². The van der Waals surface area contributed by atoms with E-state index >= 15 is 0 Å². The summed E-state index contributed by atoms with van der Waals surface area (Å²) in [5, 5.41) is 27.2. The fourth-order valence-corrected chi connectivity index (χ4v) is 8.98. The number of likely N-dealkylation sites (N-methyl/N-ethyl adjacent to an activating group) is 2. The third-order valence-corrected chi connectivity index (χ3v) is 12.0. The van der Waals surface area contributed by atoms with E-state index in [1.54, 1.807) is 27.7 Å². The Morgan fingerprint density at radius 3 is 1.62 bits per heavy atom. The van der Waals surface area contributed by atoms with Crippen molar-refractivity contribution in [1.29, 1.82) is 0 Å². The molecule has 4 aliphatic rings. The van der Waals surface area contributed by atoms with Crippen molar-refractivity contribution in [2.75, 3.05) is 50.3 Å². The topological polar surface area (TPSA) is 161 Å². The van der Waals surface area contributed by atoms with Crippen LogP contribution in [0.3, 0.4) is 0 Å². The van der Waals surface area contributed by atoms with Crippen molar-refractivity contribution >= 4 is 73.5 Å². The van der Waals surface area contributed by atoms with Crippen LogP contribution in [0.4, 0.5) is 11.4 Å². The Bertz CT molecular complexity index is 2470. The van der Waals surface area contributed by atoms with E-state index in [1.807, 2.05) is 64.1 Å². The number of pyridine rings is 2. The van der Waals surface area contributed by atoms with Crippen molar-refractivity contribution in [3.8, 4) is 11.1 Å². The maximum absolute atomic E-state index is 13.2. The maximum Gasteiger partial charge on any atom is 0.491 e. The molecule has 0 unspecified atom stereocenters. The highest BCUT2D eigenvalue weighted by molar-refractivity contribution is 9.10. The standard InChI is InChI=1S/C20H20N4O2.C16H15BrN2O2.C4H7BN2O2/c1-23-12-14(10-22-23)13-3-4-16-15(9-13)18-17(11-21-16)24(2)19(25)20(18)5-7-26-8-6-20;1-19-13-9-18-12-3-2-10(17)8-11(12)14(13)16(15(19)20)4-6-21-7-5-16;1-7-3-4(2-6-7)5(8)9/h3-4,9-12H,5-8H2,1-2H3;2-3,8-9H,4-7H2,1H3;2-3,8-9H,1H3. The second kappa shape index (κ2) is 14.8. The number of hydrogen-bond donors (Lipinski definition) is 2. The van der Waals surface area contributed by atoms with Crippen molar-refractivity contribution in [2.45, 2.75) is 36.5 Å². The van der Waals surface area contributed by atoms with Crippen LogP contribution in [0.5, 0.6) is 0 Å². The molecule has 6 aromatic rings. The number of benzene rings is 2. The van der Waals surface area contributed by atoms with Gasteiger partial charge in [-0.3, -0.25) is 28.9 Å². The van der Waals surface area contributed by atoms with Crippen molar-refractivity contribution < 1.29 is 29.1 Å². The molecule has 2 amide bonds. The number of halogens is 1. The molecule has 288 valence electrons. The first-order valence-corrected chi connectivity index (χ1v) is 19.3. The number of aromatic nitrogens is 6. The Kier molecular flexibility index (Phi) is 10.0. The molecular formula is C40H42BBrN8O6. The Hall–Kier alpha value is -5.00. The summed E-state index contributed by atoms with van der Waals surface area (Å²) in [6, 6.07) is 12.3. The van der Waals surface area contributed by atoms with Crippen molar-refractivity contribution in [1.82, 2.24) is 29.5 Å². The summed E-state index contributed by atoms with van der Waals surface area (Å²) in [6.45, 7) is 2.50. The maximum atomic E-state index is 13.2. The lowest BCUT2D eigenvalue weighted by Gasteiger charge is -2.32. The van der Waals surface area contributed by atoms with Crippen LogP contribution in [0.2, 0.25) is 0 Å². The molecule has 4 aliphatic heterocycles. The lowest BCUT2D eigenvalue weighted by Crippen LogP contribution is -2.43. The average Bonchev–Trinajstić information content (AvgIpc) is 3.95. The number of fused-ring (bicyclic) bond motifs is 8. The quantitative estimate of drug-likeness (QED) is 0.246. The third-order valence-electron chi connectivity index (χ3n) is 11.5. The number of nitrogens with zero attached hydrogens (tertiary/aromatic N) is 8. The van der Waals surface area contributed by atoms with Crippen LogP contribution in [0.25, 0.3) is 32.9 Å². The molecule has 0 saturated carbocycles. The molecule has 0 radical (unpaired) electrons. The Morgan fingerprint density at radius 2 is 1.16 bits per heavy atom. The Balaban J connectivity index is 0.000000131. The monoisotopic (exact) mass is 820 g/mol. The van der Waals surface area contributed by atoms with Gasteiger partial charge in [0.1, 0.15) is 0 Å². The van der Waals surface area contributed by atoms with Crippen LogP contribution in [0.15, 0.2) is 78.1 Å². The first kappa shape index (κ1) is 37.9. The number of carbonyl (C=O) groups excluding carboxylic acids is 2. The van der Waals surface area contributed by atoms with Crippen LogP contribution in [0, 0.1) is 0 Å². The number of ether oxygens (including phenoxy) is 2. The normalized spacial score (nSPS) is 17.8. The Labute approximate surface area is 332 Å². The molecule has 2 spiro atoms. The van der Waals surface area contributed by atoms with E-state index in [4.69, 9.17) is 19.5 Å². The molecule has 10 rings (SSSR count). The zero-order valence-electron chi connectivity index (χ0n) is 31.6.